The third-order valence-electron chi connectivity index (χ3n) is 6.31. The summed E-state index contributed by atoms with van der Waals surface area (Å²) < 4.78 is 30.1. The molecular formula is C25H25ClF2N6. The molecule has 0 saturated carbocycles. The molecule has 1 saturated heterocycles. The van der Waals surface area contributed by atoms with Crippen molar-refractivity contribution in [3.8, 4) is 11.4 Å². The molecule has 0 amide bonds. The van der Waals surface area contributed by atoms with Gasteiger partial charge in [0.1, 0.15) is 23.0 Å². The molecule has 0 bridgehead atoms. The Morgan fingerprint density at radius 3 is 2.56 bits per heavy atom. The van der Waals surface area contributed by atoms with Crippen molar-refractivity contribution in [2.24, 2.45) is 5.92 Å². The van der Waals surface area contributed by atoms with Crippen molar-refractivity contribution >= 4 is 28.7 Å². The van der Waals surface area contributed by atoms with Gasteiger partial charge in [0, 0.05) is 24.2 Å². The van der Waals surface area contributed by atoms with Crippen LogP contribution < -0.4 is 10.6 Å². The SMILES string of the molecule is Fc1cccc(F)c1CNc1ncc2nc(-c3ccccc3Cl)n(CCC3CCNCC3)c2n1. The molecule has 5 rings (SSSR count). The van der Waals surface area contributed by atoms with E-state index in [1.54, 1.807) is 6.20 Å². The smallest absolute Gasteiger partial charge is 0.225 e. The Balaban J connectivity index is 1.48. The molecule has 0 atom stereocenters. The first-order valence-corrected chi connectivity index (χ1v) is 11.8. The van der Waals surface area contributed by atoms with Crippen LogP contribution in [0.15, 0.2) is 48.7 Å². The van der Waals surface area contributed by atoms with Gasteiger partial charge in [0.2, 0.25) is 5.95 Å². The zero-order chi connectivity index (χ0) is 23.5. The average Bonchev–Trinajstić information content (AvgIpc) is 3.21. The summed E-state index contributed by atoms with van der Waals surface area (Å²) in [5.41, 5.74) is 2.08. The maximum Gasteiger partial charge on any atom is 0.225 e. The van der Waals surface area contributed by atoms with Crippen molar-refractivity contribution in [1.29, 1.82) is 0 Å². The molecule has 1 aliphatic heterocycles. The number of hydrogen-bond acceptors (Lipinski definition) is 5. The molecule has 2 aromatic heterocycles. The second-order valence-electron chi connectivity index (χ2n) is 8.51. The van der Waals surface area contributed by atoms with Crippen molar-refractivity contribution < 1.29 is 8.78 Å². The summed E-state index contributed by atoms with van der Waals surface area (Å²) in [6.45, 7) is 2.75. The molecule has 0 aliphatic carbocycles. The molecule has 176 valence electrons. The third-order valence-corrected chi connectivity index (χ3v) is 6.64. The van der Waals surface area contributed by atoms with Crippen molar-refractivity contribution in [3.63, 3.8) is 0 Å². The van der Waals surface area contributed by atoms with Crippen LogP contribution in [-0.2, 0) is 13.1 Å². The maximum absolute atomic E-state index is 14.0. The molecule has 4 aromatic rings. The first-order valence-electron chi connectivity index (χ1n) is 11.5. The Kier molecular flexibility index (Phi) is 6.69. The van der Waals surface area contributed by atoms with Crippen LogP contribution >= 0.6 is 11.6 Å². The maximum atomic E-state index is 14.0. The second kappa shape index (κ2) is 10.0. The largest absolute Gasteiger partial charge is 0.350 e. The highest BCUT2D eigenvalue weighted by atomic mass is 35.5. The van der Waals surface area contributed by atoms with Gasteiger partial charge in [-0.3, -0.25) is 0 Å². The molecule has 2 N–H and O–H groups in total. The molecular weight excluding hydrogens is 458 g/mol. The first-order chi connectivity index (χ1) is 16.6. The van der Waals surface area contributed by atoms with Gasteiger partial charge in [0.25, 0.3) is 0 Å². The molecule has 6 nitrogen and oxygen atoms in total. The van der Waals surface area contributed by atoms with Crippen molar-refractivity contribution in [2.45, 2.75) is 32.4 Å². The lowest BCUT2D eigenvalue weighted by molar-refractivity contribution is 0.339. The number of rotatable bonds is 7. The minimum atomic E-state index is -0.610. The fourth-order valence-corrected chi connectivity index (χ4v) is 4.63. The van der Waals surface area contributed by atoms with E-state index in [9.17, 15) is 8.78 Å². The summed E-state index contributed by atoms with van der Waals surface area (Å²) in [6.07, 6.45) is 4.91. The Bertz CT molecular complexity index is 1280. The van der Waals surface area contributed by atoms with Gasteiger partial charge in [0.15, 0.2) is 5.65 Å². The van der Waals surface area contributed by atoms with Crippen LogP contribution in [0, 0.1) is 17.6 Å². The highest BCUT2D eigenvalue weighted by molar-refractivity contribution is 6.33. The van der Waals surface area contributed by atoms with Crippen LogP contribution in [0.3, 0.4) is 0 Å². The third kappa shape index (κ3) is 4.74. The topological polar surface area (TPSA) is 67.7 Å². The molecule has 9 heteroatoms. The van der Waals surface area contributed by atoms with E-state index in [4.69, 9.17) is 16.6 Å². The van der Waals surface area contributed by atoms with Crippen LogP contribution in [0.25, 0.3) is 22.6 Å². The number of piperidine rings is 1. The number of nitrogens with one attached hydrogen (secondary N) is 2. The molecule has 1 fully saturated rings. The molecule has 1 aliphatic rings. The fourth-order valence-electron chi connectivity index (χ4n) is 4.41. The lowest BCUT2D eigenvalue weighted by atomic mass is 9.95. The Hall–Kier alpha value is -3.10. The number of fused-ring (bicyclic) bond motifs is 1. The van der Waals surface area contributed by atoms with Gasteiger partial charge in [-0.05, 0) is 62.5 Å². The van der Waals surface area contributed by atoms with E-state index in [-0.39, 0.29) is 18.1 Å². The quantitative estimate of drug-likeness (QED) is 0.368. The number of benzene rings is 2. The van der Waals surface area contributed by atoms with E-state index in [1.165, 1.54) is 18.2 Å². The van der Waals surface area contributed by atoms with Gasteiger partial charge in [-0.15, -0.1) is 0 Å². The van der Waals surface area contributed by atoms with E-state index >= 15 is 0 Å². The van der Waals surface area contributed by atoms with Crippen molar-refractivity contribution in [3.05, 3.63) is 70.9 Å². The highest BCUT2D eigenvalue weighted by Gasteiger charge is 2.20. The predicted octanol–water partition coefficient (Wildman–Crippen LogP) is 5.43. The van der Waals surface area contributed by atoms with E-state index in [0.717, 1.165) is 50.3 Å². The molecule has 2 aromatic carbocycles. The van der Waals surface area contributed by atoms with Gasteiger partial charge in [-0.25, -0.2) is 18.7 Å². The summed E-state index contributed by atoms with van der Waals surface area (Å²) in [6, 6.07) is 11.4. The lowest BCUT2D eigenvalue weighted by Gasteiger charge is -2.23. The van der Waals surface area contributed by atoms with Gasteiger partial charge >= 0.3 is 0 Å². The van der Waals surface area contributed by atoms with E-state index < -0.39 is 11.6 Å². The number of aryl methyl sites for hydroxylation is 1. The molecule has 0 spiro atoms. The minimum absolute atomic E-state index is 0.0534. The number of imidazole rings is 1. The van der Waals surface area contributed by atoms with Crippen LogP contribution in [-0.4, -0.2) is 32.6 Å². The summed E-state index contributed by atoms with van der Waals surface area (Å²) in [4.78, 5) is 13.8. The number of nitrogens with zero attached hydrogens (tertiary/aromatic N) is 4. The predicted molar refractivity (Wildman–Crippen MR) is 130 cm³/mol. The average molecular weight is 483 g/mol. The summed E-state index contributed by atoms with van der Waals surface area (Å²) in [5, 5.41) is 6.97. The molecule has 0 radical (unpaired) electrons. The monoisotopic (exact) mass is 482 g/mol. The summed E-state index contributed by atoms with van der Waals surface area (Å²) >= 11 is 6.50. The summed E-state index contributed by atoms with van der Waals surface area (Å²) in [5.74, 6) is 0.425. The van der Waals surface area contributed by atoms with Crippen LogP contribution in [0.4, 0.5) is 14.7 Å². The number of hydrogen-bond donors (Lipinski definition) is 2. The van der Waals surface area contributed by atoms with Crippen LogP contribution in [0.5, 0.6) is 0 Å². The van der Waals surface area contributed by atoms with Gasteiger partial charge in [0.05, 0.1) is 11.2 Å². The van der Waals surface area contributed by atoms with E-state index in [2.05, 4.69) is 25.2 Å². The van der Waals surface area contributed by atoms with E-state index in [0.29, 0.717) is 22.1 Å². The number of halogens is 3. The summed E-state index contributed by atoms with van der Waals surface area (Å²) in [7, 11) is 0. The first kappa shape index (κ1) is 22.7. The van der Waals surface area contributed by atoms with Crippen molar-refractivity contribution in [2.75, 3.05) is 18.4 Å². The standard InChI is InChI=1S/C25H25ClF2N6/c26-19-5-2-1-4-17(19)23-32-22-15-31-25(30-14-18-20(27)6-3-7-21(18)28)33-24(22)34(23)13-10-16-8-11-29-12-9-16/h1-7,15-16,29H,8-14H2,(H,30,31,33). The van der Waals surface area contributed by atoms with E-state index in [1.807, 2.05) is 24.3 Å². The normalized spacial score (nSPS) is 14.6. The van der Waals surface area contributed by atoms with Crippen molar-refractivity contribution in [1.82, 2.24) is 24.8 Å². The van der Waals surface area contributed by atoms with Gasteiger partial charge in [-0.2, -0.15) is 4.98 Å². The number of anilines is 1. The zero-order valence-electron chi connectivity index (χ0n) is 18.6. The van der Waals surface area contributed by atoms with Crippen LogP contribution in [0.1, 0.15) is 24.8 Å². The Labute approximate surface area is 201 Å². The second-order valence-corrected chi connectivity index (χ2v) is 8.91. The molecule has 0 unspecified atom stereocenters. The number of aromatic nitrogens is 4. The fraction of sp³-hybridized carbons (Fsp3) is 0.320. The zero-order valence-corrected chi connectivity index (χ0v) is 19.3. The Morgan fingerprint density at radius 1 is 1.03 bits per heavy atom. The van der Waals surface area contributed by atoms with Gasteiger partial charge in [-0.1, -0.05) is 29.8 Å². The molecule has 34 heavy (non-hydrogen) atoms. The Morgan fingerprint density at radius 2 is 1.79 bits per heavy atom. The van der Waals surface area contributed by atoms with Gasteiger partial charge < -0.3 is 15.2 Å². The molecule has 3 heterocycles. The highest BCUT2D eigenvalue weighted by Crippen LogP contribution is 2.31. The lowest BCUT2D eigenvalue weighted by Crippen LogP contribution is -2.28. The minimum Gasteiger partial charge on any atom is -0.350 e. The van der Waals surface area contributed by atoms with Crippen LogP contribution in [0.2, 0.25) is 5.02 Å².